The highest BCUT2D eigenvalue weighted by atomic mass is 35.5. The second kappa shape index (κ2) is 8.87. The molecule has 1 saturated heterocycles. The molecular formula is C24H21ClF3N5O. The van der Waals surface area contributed by atoms with Gasteiger partial charge in [-0.2, -0.15) is 13.2 Å². The Morgan fingerprint density at radius 2 is 1.88 bits per heavy atom. The number of hydrogen-bond donors (Lipinski definition) is 1. The van der Waals surface area contributed by atoms with Gasteiger partial charge < -0.3 is 10.2 Å². The highest BCUT2D eigenvalue weighted by Gasteiger charge is 2.50. The monoisotopic (exact) mass is 487 g/mol. The number of nitrogens with zero attached hydrogens (tertiary/aromatic N) is 4. The first-order valence-corrected chi connectivity index (χ1v) is 11.4. The van der Waals surface area contributed by atoms with Crippen molar-refractivity contribution in [3.05, 3.63) is 71.1 Å². The predicted octanol–water partition coefficient (Wildman–Crippen LogP) is 5.32. The molecule has 1 saturated carbocycles. The smallest absolute Gasteiger partial charge is 0.368 e. The number of alkyl halides is 3. The number of fused-ring (bicyclic) bond motifs is 1. The van der Waals surface area contributed by atoms with E-state index >= 15 is 0 Å². The SMILES string of the molecule is O=C(c1cc(Cl)ccc1-c1ncccn1)N1[C@H](CNc2cc(C(F)(F)F)ccn2)CC[C@H]2C[C@H]21. The van der Waals surface area contributed by atoms with Crippen molar-refractivity contribution >= 4 is 23.3 Å². The number of nitrogens with one attached hydrogen (secondary N) is 1. The predicted molar refractivity (Wildman–Crippen MR) is 121 cm³/mol. The molecule has 2 aliphatic rings. The van der Waals surface area contributed by atoms with Gasteiger partial charge in [-0.15, -0.1) is 0 Å². The van der Waals surface area contributed by atoms with Crippen molar-refractivity contribution in [3.63, 3.8) is 0 Å². The topological polar surface area (TPSA) is 71.0 Å². The molecule has 1 aliphatic heterocycles. The molecule has 3 atom stereocenters. The Morgan fingerprint density at radius 1 is 1.09 bits per heavy atom. The molecule has 5 rings (SSSR count). The van der Waals surface area contributed by atoms with Crippen LogP contribution in [0.15, 0.2) is 55.0 Å². The Morgan fingerprint density at radius 3 is 2.65 bits per heavy atom. The highest BCUT2D eigenvalue weighted by molar-refractivity contribution is 6.31. The summed E-state index contributed by atoms with van der Waals surface area (Å²) in [4.78, 5) is 28.2. The van der Waals surface area contributed by atoms with E-state index in [-0.39, 0.29) is 23.8 Å². The van der Waals surface area contributed by atoms with E-state index in [0.717, 1.165) is 37.6 Å². The number of anilines is 1. The van der Waals surface area contributed by atoms with E-state index in [0.29, 0.717) is 34.4 Å². The lowest BCUT2D eigenvalue weighted by atomic mass is 9.98. The molecule has 1 N–H and O–H groups in total. The number of hydrogen-bond acceptors (Lipinski definition) is 5. The fourth-order valence-electron chi connectivity index (χ4n) is 4.61. The summed E-state index contributed by atoms with van der Waals surface area (Å²) in [7, 11) is 0. The molecule has 1 amide bonds. The van der Waals surface area contributed by atoms with E-state index in [1.165, 1.54) is 0 Å². The summed E-state index contributed by atoms with van der Waals surface area (Å²) >= 11 is 6.24. The van der Waals surface area contributed by atoms with E-state index in [1.54, 1.807) is 36.7 Å². The summed E-state index contributed by atoms with van der Waals surface area (Å²) in [5, 5.41) is 3.43. The average molecular weight is 488 g/mol. The summed E-state index contributed by atoms with van der Waals surface area (Å²) in [6.45, 7) is 0.293. The number of pyridine rings is 1. The third-order valence-corrected chi connectivity index (χ3v) is 6.60. The van der Waals surface area contributed by atoms with Crippen LogP contribution in [0, 0.1) is 5.92 Å². The first kappa shape index (κ1) is 22.6. The highest BCUT2D eigenvalue weighted by Crippen LogP contribution is 2.46. The lowest BCUT2D eigenvalue weighted by Gasteiger charge is -2.36. The fourth-order valence-corrected chi connectivity index (χ4v) is 4.78. The number of halogens is 4. The van der Waals surface area contributed by atoms with Gasteiger partial charge in [-0.25, -0.2) is 15.0 Å². The number of aromatic nitrogens is 3. The molecule has 2 fully saturated rings. The lowest BCUT2D eigenvalue weighted by Crippen LogP contribution is -2.48. The molecule has 0 unspecified atom stereocenters. The quantitative estimate of drug-likeness (QED) is 0.527. The molecule has 34 heavy (non-hydrogen) atoms. The Labute approximate surface area is 199 Å². The molecule has 2 aromatic heterocycles. The Bertz CT molecular complexity index is 1210. The number of rotatable bonds is 5. The van der Waals surface area contributed by atoms with E-state index in [4.69, 9.17) is 11.6 Å². The van der Waals surface area contributed by atoms with Crippen LogP contribution < -0.4 is 5.32 Å². The van der Waals surface area contributed by atoms with Crippen LogP contribution in [0.1, 0.15) is 35.2 Å². The average Bonchev–Trinajstić information content (AvgIpc) is 3.62. The molecule has 0 bridgehead atoms. The number of carbonyl (C=O) groups is 1. The minimum atomic E-state index is -4.45. The third kappa shape index (κ3) is 4.57. The van der Waals surface area contributed by atoms with Crippen LogP contribution in [0.25, 0.3) is 11.4 Å². The van der Waals surface area contributed by atoms with Gasteiger partial charge in [-0.1, -0.05) is 11.6 Å². The van der Waals surface area contributed by atoms with Gasteiger partial charge in [-0.05, 0) is 61.6 Å². The van der Waals surface area contributed by atoms with Crippen molar-refractivity contribution < 1.29 is 18.0 Å². The van der Waals surface area contributed by atoms with Crippen LogP contribution in [-0.2, 0) is 6.18 Å². The molecule has 3 heterocycles. The van der Waals surface area contributed by atoms with Crippen molar-refractivity contribution in [2.75, 3.05) is 11.9 Å². The van der Waals surface area contributed by atoms with Gasteiger partial charge in [0.15, 0.2) is 5.82 Å². The molecule has 6 nitrogen and oxygen atoms in total. The van der Waals surface area contributed by atoms with Gasteiger partial charge in [0.1, 0.15) is 5.82 Å². The van der Waals surface area contributed by atoms with Gasteiger partial charge in [0.2, 0.25) is 0 Å². The van der Waals surface area contributed by atoms with Crippen LogP contribution in [0.3, 0.4) is 0 Å². The van der Waals surface area contributed by atoms with Gasteiger partial charge >= 0.3 is 6.18 Å². The summed E-state index contributed by atoms with van der Waals surface area (Å²) in [6, 6.07) is 8.57. The number of likely N-dealkylation sites (tertiary alicyclic amines) is 1. The zero-order valence-corrected chi connectivity index (χ0v) is 18.7. The van der Waals surface area contributed by atoms with Crippen molar-refractivity contribution in [2.45, 2.75) is 37.5 Å². The first-order chi connectivity index (χ1) is 16.3. The maximum Gasteiger partial charge on any atom is 0.416 e. The Hall–Kier alpha value is -3.20. The summed E-state index contributed by atoms with van der Waals surface area (Å²) < 4.78 is 39.2. The third-order valence-electron chi connectivity index (χ3n) is 6.37. The maximum absolute atomic E-state index is 13.8. The minimum Gasteiger partial charge on any atom is -0.368 e. The molecule has 10 heteroatoms. The zero-order valence-electron chi connectivity index (χ0n) is 18.0. The van der Waals surface area contributed by atoms with E-state index in [2.05, 4.69) is 20.3 Å². The number of amides is 1. The van der Waals surface area contributed by atoms with Crippen LogP contribution in [0.2, 0.25) is 5.02 Å². The van der Waals surface area contributed by atoms with E-state index < -0.39 is 11.7 Å². The van der Waals surface area contributed by atoms with Crippen LogP contribution >= 0.6 is 11.6 Å². The summed E-state index contributed by atoms with van der Waals surface area (Å²) in [6.07, 6.45) is 2.54. The normalized spacial score (nSPS) is 21.6. The number of carbonyl (C=O) groups excluding carboxylic acids is 1. The van der Waals surface area contributed by atoms with Gasteiger partial charge in [0, 0.05) is 47.8 Å². The molecule has 1 aliphatic carbocycles. The standard InChI is InChI=1S/C24H21ClF3N5O/c25-16-3-5-18(22-30-7-1-8-31-22)19(12-16)23(34)33-17(4-2-14-10-20(14)33)13-32-21-11-15(6-9-29-21)24(26,27)28/h1,3,5-9,11-12,14,17,20H,2,4,10,13H2,(H,29,32)/t14-,17-,20+/m0/s1. The second-order valence-corrected chi connectivity index (χ2v) is 9.01. The summed E-state index contributed by atoms with van der Waals surface area (Å²) in [5.74, 6) is 0.819. The van der Waals surface area contributed by atoms with Crippen molar-refractivity contribution in [2.24, 2.45) is 5.92 Å². The second-order valence-electron chi connectivity index (χ2n) is 8.58. The zero-order chi connectivity index (χ0) is 23.9. The maximum atomic E-state index is 13.8. The van der Waals surface area contributed by atoms with Gasteiger partial charge in [-0.3, -0.25) is 4.79 Å². The molecule has 1 aromatic carbocycles. The molecule has 0 radical (unpaired) electrons. The van der Waals surface area contributed by atoms with Crippen molar-refractivity contribution in [1.29, 1.82) is 0 Å². The van der Waals surface area contributed by atoms with Crippen LogP contribution in [0.4, 0.5) is 19.0 Å². The number of benzene rings is 1. The minimum absolute atomic E-state index is 0.103. The van der Waals surface area contributed by atoms with Crippen molar-refractivity contribution in [1.82, 2.24) is 19.9 Å². The molecule has 3 aromatic rings. The van der Waals surface area contributed by atoms with Crippen molar-refractivity contribution in [3.8, 4) is 11.4 Å². The summed E-state index contributed by atoms with van der Waals surface area (Å²) in [5.41, 5.74) is 0.229. The molecular weight excluding hydrogens is 467 g/mol. The Balaban J connectivity index is 1.41. The van der Waals surface area contributed by atoms with Gasteiger partial charge in [0.25, 0.3) is 5.91 Å². The van der Waals surface area contributed by atoms with E-state index in [1.807, 2.05) is 4.90 Å². The molecule has 0 spiro atoms. The number of piperidine rings is 1. The van der Waals surface area contributed by atoms with Crippen LogP contribution in [-0.4, -0.2) is 44.4 Å². The fraction of sp³-hybridized carbons (Fsp3) is 0.333. The lowest BCUT2D eigenvalue weighted by molar-refractivity contribution is -0.137. The van der Waals surface area contributed by atoms with Gasteiger partial charge in [0.05, 0.1) is 11.1 Å². The molecule has 176 valence electrons. The van der Waals surface area contributed by atoms with Crippen LogP contribution in [0.5, 0.6) is 0 Å². The van der Waals surface area contributed by atoms with E-state index in [9.17, 15) is 18.0 Å². The largest absolute Gasteiger partial charge is 0.416 e. The first-order valence-electron chi connectivity index (χ1n) is 11.0. The Kier molecular flexibility index (Phi) is 5.89.